The number of amides is 2. The molecule has 0 atom stereocenters. The van der Waals surface area contributed by atoms with Crippen LogP contribution in [-0.2, 0) is 17.9 Å². The Morgan fingerprint density at radius 2 is 1.94 bits per heavy atom. The van der Waals surface area contributed by atoms with Crippen LogP contribution in [0, 0.1) is 5.82 Å². The second-order valence-electron chi connectivity index (χ2n) is 9.05. The van der Waals surface area contributed by atoms with Crippen LogP contribution in [0.15, 0.2) is 48.9 Å². The summed E-state index contributed by atoms with van der Waals surface area (Å²) in [6, 6.07) is 8.93. The summed E-state index contributed by atoms with van der Waals surface area (Å²) >= 11 is 0. The van der Waals surface area contributed by atoms with Crippen LogP contribution in [0.4, 0.5) is 21.6 Å². The van der Waals surface area contributed by atoms with Gasteiger partial charge in [-0.25, -0.2) is 9.37 Å². The van der Waals surface area contributed by atoms with Gasteiger partial charge in [-0.05, 0) is 38.6 Å². The molecule has 36 heavy (non-hydrogen) atoms. The van der Waals surface area contributed by atoms with Crippen molar-refractivity contribution in [3.63, 3.8) is 0 Å². The number of primary amides is 1. The Kier molecular flexibility index (Phi) is 7.79. The maximum atomic E-state index is 14.4. The molecule has 1 aromatic carbocycles. The Bertz CT molecular complexity index is 1220. The Morgan fingerprint density at radius 3 is 2.67 bits per heavy atom. The highest BCUT2D eigenvalue weighted by Gasteiger charge is 2.24. The van der Waals surface area contributed by atoms with E-state index < -0.39 is 11.7 Å². The van der Waals surface area contributed by atoms with E-state index in [1.807, 2.05) is 4.90 Å². The van der Waals surface area contributed by atoms with Gasteiger partial charge in [-0.15, -0.1) is 0 Å². The molecule has 1 aliphatic rings. The second-order valence-corrected chi connectivity index (χ2v) is 9.05. The van der Waals surface area contributed by atoms with Gasteiger partial charge >= 0.3 is 0 Å². The molecule has 3 heterocycles. The topological polar surface area (TPSA) is 121 Å². The van der Waals surface area contributed by atoms with Crippen molar-refractivity contribution >= 4 is 29.0 Å². The molecule has 10 nitrogen and oxygen atoms in total. The maximum Gasteiger partial charge on any atom is 0.249 e. The summed E-state index contributed by atoms with van der Waals surface area (Å²) in [5.74, 6) is -0.641. The van der Waals surface area contributed by atoms with Crippen molar-refractivity contribution in [2.24, 2.45) is 5.73 Å². The molecule has 190 valence electrons. The van der Waals surface area contributed by atoms with Crippen LogP contribution in [0.5, 0.6) is 0 Å². The number of hydrogen-bond donors (Lipinski definition) is 3. The lowest BCUT2D eigenvalue weighted by molar-refractivity contribution is -0.133. The van der Waals surface area contributed by atoms with Crippen LogP contribution in [0.1, 0.15) is 28.8 Å². The van der Waals surface area contributed by atoms with Gasteiger partial charge in [0.25, 0.3) is 0 Å². The number of nitrogens with zero attached hydrogens (tertiary/aromatic N) is 5. The van der Waals surface area contributed by atoms with E-state index in [-0.39, 0.29) is 24.7 Å². The van der Waals surface area contributed by atoms with Gasteiger partial charge in [-0.1, -0.05) is 18.2 Å². The minimum atomic E-state index is -0.543. The highest BCUT2D eigenvalue weighted by atomic mass is 19.1. The minimum absolute atomic E-state index is 0.0319. The van der Waals surface area contributed by atoms with Gasteiger partial charge in [0.15, 0.2) is 5.82 Å². The zero-order valence-corrected chi connectivity index (χ0v) is 20.4. The number of hydrogen-bond acceptors (Lipinski definition) is 7. The number of pyridine rings is 1. The molecule has 1 aliphatic heterocycles. The third-order valence-corrected chi connectivity index (χ3v) is 6.36. The molecule has 1 saturated heterocycles. The van der Waals surface area contributed by atoms with Crippen LogP contribution in [0.25, 0.3) is 0 Å². The Balaban J connectivity index is 1.35. The summed E-state index contributed by atoms with van der Waals surface area (Å²) in [5.41, 5.74) is 7.30. The average Bonchev–Trinajstić information content (AvgIpc) is 3.31. The molecular weight excluding hydrogens is 463 g/mol. The van der Waals surface area contributed by atoms with Crippen LogP contribution < -0.4 is 16.4 Å². The first-order valence-electron chi connectivity index (χ1n) is 11.8. The predicted octanol–water partition coefficient (Wildman–Crippen LogP) is 2.42. The molecule has 2 amide bonds. The van der Waals surface area contributed by atoms with Gasteiger partial charge in [0.05, 0.1) is 23.8 Å². The molecule has 3 aromatic rings. The van der Waals surface area contributed by atoms with Crippen molar-refractivity contribution in [2.45, 2.75) is 32.0 Å². The van der Waals surface area contributed by atoms with Crippen LogP contribution in [0.3, 0.4) is 0 Å². The summed E-state index contributed by atoms with van der Waals surface area (Å²) in [6.45, 7) is 1.85. The number of carbonyl (C=O) groups is 2. The van der Waals surface area contributed by atoms with E-state index in [9.17, 15) is 14.0 Å². The largest absolute Gasteiger partial charge is 0.378 e. The molecule has 4 N–H and O–H groups in total. The molecule has 11 heteroatoms. The average molecular weight is 495 g/mol. The zero-order valence-electron chi connectivity index (χ0n) is 20.4. The predicted molar refractivity (Wildman–Crippen MR) is 135 cm³/mol. The molecule has 0 spiro atoms. The molecule has 2 aromatic heterocycles. The fourth-order valence-corrected chi connectivity index (χ4v) is 4.28. The lowest BCUT2D eigenvalue weighted by atomic mass is 10.0. The number of piperidine rings is 1. The van der Waals surface area contributed by atoms with E-state index in [0.717, 1.165) is 32.1 Å². The summed E-state index contributed by atoms with van der Waals surface area (Å²) in [7, 11) is 4.14. The van der Waals surface area contributed by atoms with Crippen molar-refractivity contribution in [1.29, 1.82) is 0 Å². The van der Waals surface area contributed by atoms with Crippen molar-refractivity contribution in [2.75, 3.05) is 37.8 Å². The quantitative estimate of drug-likeness (QED) is 0.418. The lowest BCUT2D eigenvalue weighted by Crippen LogP contribution is -2.45. The van der Waals surface area contributed by atoms with Gasteiger partial charge in [-0.2, -0.15) is 5.10 Å². The van der Waals surface area contributed by atoms with Gasteiger partial charge < -0.3 is 26.2 Å². The second kappa shape index (κ2) is 11.2. The summed E-state index contributed by atoms with van der Waals surface area (Å²) in [5, 5.41) is 10.3. The number of aromatic nitrogens is 3. The van der Waals surface area contributed by atoms with Crippen LogP contribution >= 0.6 is 0 Å². The highest BCUT2D eigenvalue weighted by molar-refractivity contribution is 5.94. The van der Waals surface area contributed by atoms with E-state index in [1.165, 1.54) is 6.07 Å². The molecule has 4 rings (SSSR count). The summed E-state index contributed by atoms with van der Waals surface area (Å²) in [6.07, 6.45) is 6.34. The smallest absolute Gasteiger partial charge is 0.249 e. The molecule has 0 aliphatic carbocycles. The molecule has 0 radical (unpaired) electrons. The lowest BCUT2D eigenvalue weighted by Gasteiger charge is -2.35. The molecule has 0 bridgehead atoms. The normalized spacial score (nSPS) is 14.2. The monoisotopic (exact) mass is 494 g/mol. The number of likely N-dealkylation sites (tertiary alicyclic amines) is 1. The first kappa shape index (κ1) is 25.1. The third kappa shape index (κ3) is 6.16. The SMILES string of the molecule is CN(C)C1CCN(C(=O)Cn2cc(Nc3cc(NCc4ccccc4C(N)=O)c(F)cn3)cn2)CC1. The summed E-state index contributed by atoms with van der Waals surface area (Å²) in [4.78, 5) is 32.5. The van der Waals surface area contributed by atoms with Gasteiger partial charge in [0.2, 0.25) is 11.8 Å². The van der Waals surface area contributed by atoms with E-state index in [4.69, 9.17) is 5.73 Å². The number of nitrogens with two attached hydrogens (primary N) is 1. The number of nitrogens with one attached hydrogen (secondary N) is 2. The van der Waals surface area contributed by atoms with Gasteiger partial charge in [0.1, 0.15) is 12.4 Å². The number of rotatable bonds is 9. The number of halogens is 1. The third-order valence-electron chi connectivity index (χ3n) is 6.36. The Morgan fingerprint density at radius 1 is 1.19 bits per heavy atom. The standard InChI is InChI=1S/C25H31FN8O2/c1-32(2)19-7-9-33(10-8-19)24(35)16-34-15-18(13-30-34)31-23-11-22(21(26)14-29-23)28-12-17-5-3-4-6-20(17)25(27)36/h3-6,11,13-15,19H,7-10,12,16H2,1-2H3,(H2,27,36)(H2,28,29,31). The van der Waals surface area contributed by atoms with E-state index >= 15 is 0 Å². The van der Waals surface area contributed by atoms with Crippen molar-refractivity contribution in [3.05, 3.63) is 65.9 Å². The first-order valence-corrected chi connectivity index (χ1v) is 11.8. The van der Waals surface area contributed by atoms with Crippen molar-refractivity contribution in [3.8, 4) is 0 Å². The van der Waals surface area contributed by atoms with Crippen molar-refractivity contribution in [1.82, 2.24) is 24.6 Å². The Hall–Kier alpha value is -3.99. The van der Waals surface area contributed by atoms with E-state index in [0.29, 0.717) is 28.7 Å². The van der Waals surface area contributed by atoms with E-state index in [1.54, 1.807) is 41.3 Å². The first-order chi connectivity index (χ1) is 17.3. The van der Waals surface area contributed by atoms with Gasteiger partial charge in [-0.3, -0.25) is 14.3 Å². The fraction of sp³-hybridized carbons (Fsp3) is 0.360. The number of carbonyl (C=O) groups excluding carboxylic acids is 2. The maximum absolute atomic E-state index is 14.4. The number of anilines is 3. The molecule has 0 unspecified atom stereocenters. The molecule has 0 saturated carbocycles. The zero-order chi connectivity index (χ0) is 25.7. The van der Waals surface area contributed by atoms with Gasteiger partial charge in [0, 0.05) is 43.5 Å². The fourth-order valence-electron chi connectivity index (χ4n) is 4.28. The molecular formula is C25H31FN8O2. The van der Waals surface area contributed by atoms with Crippen LogP contribution in [0.2, 0.25) is 0 Å². The van der Waals surface area contributed by atoms with Crippen LogP contribution in [-0.4, -0.2) is 69.6 Å². The van der Waals surface area contributed by atoms with E-state index in [2.05, 4.69) is 39.7 Å². The van der Waals surface area contributed by atoms with Crippen molar-refractivity contribution < 1.29 is 14.0 Å². The molecule has 1 fully saturated rings. The highest BCUT2D eigenvalue weighted by Crippen LogP contribution is 2.22. The minimum Gasteiger partial charge on any atom is -0.378 e. The number of benzene rings is 1. The summed E-state index contributed by atoms with van der Waals surface area (Å²) < 4.78 is 15.9. The Labute approximate surface area is 209 Å².